The van der Waals surface area contributed by atoms with Gasteiger partial charge in [-0.2, -0.15) is 8.42 Å². The summed E-state index contributed by atoms with van der Waals surface area (Å²) in [6, 6.07) is 18.0. The van der Waals surface area contributed by atoms with E-state index in [1.165, 1.54) is 9.80 Å². The summed E-state index contributed by atoms with van der Waals surface area (Å²) in [4.78, 5) is 57.7. The Bertz CT molecular complexity index is 1900. The molecule has 0 unspecified atom stereocenters. The van der Waals surface area contributed by atoms with Crippen LogP contribution in [-0.2, 0) is 10.4 Å². The van der Waals surface area contributed by atoms with Gasteiger partial charge in [0.25, 0.3) is 23.6 Å². The first kappa shape index (κ1) is 38.9. The molecule has 2 N–H and O–H groups in total. The van der Waals surface area contributed by atoms with Crippen molar-refractivity contribution in [2.24, 2.45) is 0 Å². The van der Waals surface area contributed by atoms with Crippen molar-refractivity contribution in [2.75, 3.05) is 68.6 Å². The average Bonchev–Trinajstić information content (AvgIpc) is 3.07. The Labute approximate surface area is 296 Å². The van der Waals surface area contributed by atoms with E-state index in [1.54, 1.807) is 50.6 Å². The molecule has 15 heteroatoms. The number of carbonyl (C=O) groups is 4. The Kier molecular flexibility index (Phi) is 12.5. The first-order chi connectivity index (χ1) is 24.1. The van der Waals surface area contributed by atoms with Crippen LogP contribution >= 0.6 is 0 Å². The van der Waals surface area contributed by atoms with Crippen molar-refractivity contribution >= 4 is 55.6 Å². The van der Waals surface area contributed by atoms with Crippen LogP contribution < -0.4 is 9.47 Å². The molecular weight excluding hydrogens is 680 g/mol. The van der Waals surface area contributed by atoms with Gasteiger partial charge in [0.1, 0.15) is 11.5 Å². The van der Waals surface area contributed by atoms with Crippen molar-refractivity contribution < 1.29 is 46.2 Å². The largest absolute Gasteiger partial charge is 0.496 e. The SMILES string of the molecule is COc1ccc2c3c(cccc13)C(=O)N(CCCN(C)C)C2=O.COc1ccc2c3c(cccc13)C(=O)N(CCCN(C)C)C2=O.O=S(=O)(O)O. The van der Waals surface area contributed by atoms with Crippen molar-refractivity contribution in [1.29, 1.82) is 0 Å². The number of ether oxygens (including phenoxy) is 2. The molecule has 51 heavy (non-hydrogen) atoms. The van der Waals surface area contributed by atoms with Gasteiger partial charge in [0.2, 0.25) is 0 Å². The van der Waals surface area contributed by atoms with Crippen LogP contribution in [-0.4, -0.2) is 129 Å². The summed E-state index contributed by atoms with van der Waals surface area (Å²) in [5, 5.41) is 3.01. The second-order valence-corrected chi connectivity index (χ2v) is 13.3. The van der Waals surface area contributed by atoms with Gasteiger partial charge in [-0.25, -0.2) is 0 Å². The fourth-order valence-corrected chi connectivity index (χ4v) is 6.09. The monoisotopic (exact) mass is 722 g/mol. The number of hydrogen-bond donors (Lipinski definition) is 2. The first-order valence-corrected chi connectivity index (χ1v) is 17.4. The molecule has 0 spiro atoms. The van der Waals surface area contributed by atoms with Crippen molar-refractivity contribution in [1.82, 2.24) is 19.6 Å². The molecule has 14 nitrogen and oxygen atoms in total. The lowest BCUT2D eigenvalue weighted by atomic mass is 9.93. The highest BCUT2D eigenvalue weighted by Gasteiger charge is 2.34. The zero-order chi connectivity index (χ0) is 37.6. The summed E-state index contributed by atoms with van der Waals surface area (Å²) in [5.74, 6) is 0.458. The van der Waals surface area contributed by atoms with Gasteiger partial charge < -0.3 is 19.3 Å². The molecule has 2 aliphatic rings. The predicted molar refractivity (Wildman–Crippen MR) is 192 cm³/mol. The Balaban J connectivity index is 0.000000202. The van der Waals surface area contributed by atoms with Gasteiger partial charge in [-0.15, -0.1) is 0 Å². The number of rotatable bonds is 10. The second-order valence-electron chi connectivity index (χ2n) is 12.4. The van der Waals surface area contributed by atoms with E-state index in [0.29, 0.717) is 57.6 Å². The number of methoxy groups -OCH3 is 2. The molecule has 2 heterocycles. The minimum atomic E-state index is -4.67. The number of hydrogen-bond acceptors (Lipinski definition) is 10. The van der Waals surface area contributed by atoms with Crippen molar-refractivity contribution in [2.45, 2.75) is 12.8 Å². The smallest absolute Gasteiger partial charge is 0.394 e. The summed E-state index contributed by atoms with van der Waals surface area (Å²) < 4.78 is 42.3. The van der Waals surface area contributed by atoms with E-state index in [-0.39, 0.29) is 23.6 Å². The molecule has 272 valence electrons. The highest BCUT2D eigenvalue weighted by atomic mass is 32.3. The average molecular weight is 723 g/mol. The molecule has 4 aromatic rings. The van der Waals surface area contributed by atoms with Gasteiger partial charge in [-0.1, -0.05) is 24.3 Å². The fraction of sp³-hybridized carbons (Fsp3) is 0.333. The Hall–Kier alpha value is -4.93. The topological polar surface area (TPSA) is 174 Å². The van der Waals surface area contributed by atoms with E-state index in [2.05, 4.69) is 0 Å². The lowest BCUT2D eigenvalue weighted by Gasteiger charge is -2.28. The maximum atomic E-state index is 12.7. The van der Waals surface area contributed by atoms with Gasteiger partial charge in [-0.05, 0) is 90.5 Å². The summed E-state index contributed by atoms with van der Waals surface area (Å²) in [5.41, 5.74) is 2.28. The van der Waals surface area contributed by atoms with Gasteiger partial charge in [0, 0.05) is 56.9 Å². The summed E-state index contributed by atoms with van der Waals surface area (Å²) in [7, 11) is 6.41. The predicted octanol–water partition coefficient (Wildman–Crippen LogP) is 4.14. The molecule has 4 amide bonds. The fourth-order valence-electron chi connectivity index (χ4n) is 6.09. The third-order valence-corrected chi connectivity index (χ3v) is 8.32. The highest BCUT2D eigenvalue weighted by Crippen LogP contribution is 2.36. The van der Waals surface area contributed by atoms with E-state index in [1.807, 2.05) is 62.3 Å². The standard InChI is InChI=1S/2C18H20N2O3.H2O4S/c2*1-19(2)10-5-11-20-17(21)13-7-4-6-12-15(23-3)9-8-14(16(12)13)18(20)22;1-5(2,3)4/h2*4,6-9H,5,10-11H2,1-3H3;(H2,1,2,3,4). The molecule has 0 fully saturated rings. The van der Waals surface area contributed by atoms with Crippen LogP contribution in [0.5, 0.6) is 11.5 Å². The zero-order valence-corrected chi connectivity index (χ0v) is 30.2. The molecule has 0 bridgehead atoms. The number of benzene rings is 4. The molecule has 6 rings (SSSR count). The highest BCUT2D eigenvalue weighted by molar-refractivity contribution is 7.79. The quantitative estimate of drug-likeness (QED) is 0.177. The van der Waals surface area contributed by atoms with Crippen LogP contribution in [0, 0.1) is 0 Å². The van der Waals surface area contributed by atoms with Gasteiger partial charge in [-0.3, -0.25) is 38.1 Å². The molecule has 0 atom stereocenters. The number of nitrogens with zero attached hydrogens (tertiary/aromatic N) is 4. The first-order valence-electron chi connectivity index (χ1n) is 16.0. The van der Waals surface area contributed by atoms with Crippen LogP contribution in [0.4, 0.5) is 0 Å². The lowest BCUT2D eigenvalue weighted by Crippen LogP contribution is -2.41. The van der Waals surface area contributed by atoms with Crippen LogP contribution in [0.25, 0.3) is 21.5 Å². The normalized spacial score (nSPS) is 13.8. The van der Waals surface area contributed by atoms with Crippen molar-refractivity contribution in [3.8, 4) is 11.5 Å². The zero-order valence-electron chi connectivity index (χ0n) is 29.4. The van der Waals surface area contributed by atoms with E-state index >= 15 is 0 Å². The van der Waals surface area contributed by atoms with Crippen LogP contribution in [0.15, 0.2) is 60.7 Å². The minimum absolute atomic E-state index is 0.222. The van der Waals surface area contributed by atoms with E-state index in [9.17, 15) is 19.2 Å². The maximum absolute atomic E-state index is 12.7. The number of carbonyl (C=O) groups excluding carboxylic acids is 4. The van der Waals surface area contributed by atoms with Gasteiger partial charge >= 0.3 is 10.4 Å². The molecule has 4 aromatic carbocycles. The van der Waals surface area contributed by atoms with Crippen molar-refractivity contribution in [3.63, 3.8) is 0 Å². The Morgan fingerprint density at radius 1 is 0.569 bits per heavy atom. The molecule has 0 aliphatic carbocycles. The Morgan fingerprint density at radius 2 is 0.882 bits per heavy atom. The minimum Gasteiger partial charge on any atom is -0.496 e. The molecule has 2 aliphatic heterocycles. The van der Waals surface area contributed by atoms with E-state index < -0.39 is 10.4 Å². The number of amides is 4. The summed E-state index contributed by atoms with van der Waals surface area (Å²) in [6.45, 7) is 2.52. The molecule has 0 saturated carbocycles. The van der Waals surface area contributed by atoms with Crippen LogP contribution in [0.3, 0.4) is 0 Å². The van der Waals surface area contributed by atoms with Gasteiger partial charge in [0.15, 0.2) is 0 Å². The van der Waals surface area contributed by atoms with Crippen LogP contribution in [0.1, 0.15) is 54.3 Å². The van der Waals surface area contributed by atoms with Gasteiger partial charge in [0.05, 0.1) is 14.2 Å². The van der Waals surface area contributed by atoms with E-state index in [4.69, 9.17) is 27.0 Å². The third-order valence-electron chi connectivity index (χ3n) is 8.32. The summed E-state index contributed by atoms with van der Waals surface area (Å²) >= 11 is 0. The van der Waals surface area contributed by atoms with E-state index in [0.717, 1.165) is 36.7 Å². The van der Waals surface area contributed by atoms with Crippen molar-refractivity contribution in [3.05, 3.63) is 82.9 Å². The second kappa shape index (κ2) is 16.4. The molecule has 0 saturated heterocycles. The molecule has 0 aromatic heterocycles. The third kappa shape index (κ3) is 8.87. The Morgan fingerprint density at radius 3 is 1.18 bits per heavy atom. The summed E-state index contributed by atoms with van der Waals surface area (Å²) in [6.07, 6.45) is 1.51. The number of imide groups is 2. The molecule has 0 radical (unpaired) electrons. The lowest BCUT2D eigenvalue weighted by molar-refractivity contribution is 0.0590. The molecular formula is C36H42N4O10S. The maximum Gasteiger partial charge on any atom is 0.394 e. The van der Waals surface area contributed by atoms with Crippen LogP contribution in [0.2, 0.25) is 0 Å².